The summed E-state index contributed by atoms with van der Waals surface area (Å²) in [5, 5.41) is 0. The molecule has 0 atom stereocenters. The summed E-state index contributed by atoms with van der Waals surface area (Å²) in [4.78, 5) is 0. The highest BCUT2D eigenvalue weighted by molar-refractivity contribution is 9.11. The molecule has 9 heavy (non-hydrogen) atoms. The second-order valence-electron chi connectivity index (χ2n) is 2.29. The Morgan fingerprint density at radius 1 is 1.44 bits per heavy atom. The van der Waals surface area contributed by atoms with Crippen molar-refractivity contribution in [3.8, 4) is 0 Å². The van der Waals surface area contributed by atoms with Crippen LogP contribution in [0.5, 0.6) is 0 Å². The zero-order chi connectivity index (χ0) is 7.11. The fourth-order valence-electron chi connectivity index (χ4n) is 0.695. The van der Waals surface area contributed by atoms with Crippen LogP contribution in [0.4, 0.5) is 0 Å². The summed E-state index contributed by atoms with van der Waals surface area (Å²) in [5.74, 6) is 0. The van der Waals surface area contributed by atoms with Crippen LogP contribution >= 0.6 is 15.9 Å². The van der Waals surface area contributed by atoms with E-state index in [9.17, 15) is 0 Å². The lowest BCUT2D eigenvalue weighted by Crippen LogP contribution is -1.70. The van der Waals surface area contributed by atoms with Crippen molar-refractivity contribution < 1.29 is 0 Å². The molecule has 54 valence electrons. The molecule has 1 heteroatoms. The zero-order valence-corrected chi connectivity index (χ0v) is 7.87. The highest BCUT2D eigenvalue weighted by Gasteiger charge is 1.82. The maximum absolute atomic E-state index is 3.39. The van der Waals surface area contributed by atoms with Gasteiger partial charge in [-0.1, -0.05) is 41.8 Å². The quantitative estimate of drug-likeness (QED) is 0.591. The van der Waals surface area contributed by atoms with E-state index in [2.05, 4.69) is 35.9 Å². The summed E-state index contributed by atoms with van der Waals surface area (Å²) < 4.78 is 1.26. The lowest BCUT2D eigenvalue weighted by Gasteiger charge is -1.91. The largest absolute Gasteiger partial charge is 0.0747 e. The summed E-state index contributed by atoms with van der Waals surface area (Å²) in [6.45, 7) is 4.30. The lowest BCUT2D eigenvalue weighted by molar-refractivity contribution is 0.728. The van der Waals surface area contributed by atoms with Gasteiger partial charge in [-0.3, -0.25) is 0 Å². The van der Waals surface area contributed by atoms with Gasteiger partial charge in [-0.05, 0) is 24.2 Å². The Balaban J connectivity index is 3.00. The van der Waals surface area contributed by atoms with Gasteiger partial charge in [-0.2, -0.15) is 0 Å². The molecule has 0 aliphatic rings. The zero-order valence-electron chi connectivity index (χ0n) is 6.28. The summed E-state index contributed by atoms with van der Waals surface area (Å²) in [6.07, 6.45) is 7.46. The molecule has 0 saturated carbocycles. The molecular weight excluding hydrogens is 176 g/mol. The van der Waals surface area contributed by atoms with Crippen molar-refractivity contribution in [1.82, 2.24) is 0 Å². The predicted molar refractivity (Wildman–Crippen MR) is 46.8 cm³/mol. The minimum Gasteiger partial charge on any atom is -0.0747 e. The van der Waals surface area contributed by atoms with E-state index in [0.717, 1.165) is 0 Å². The Bertz CT molecular complexity index is 80.6. The number of allylic oxidation sites excluding steroid dienone is 2. The predicted octanol–water partition coefficient (Wildman–Crippen LogP) is 3.87. The minimum absolute atomic E-state index is 1.23. The first-order valence-corrected chi connectivity index (χ1v) is 4.39. The number of halogens is 1. The van der Waals surface area contributed by atoms with Crippen molar-refractivity contribution in [2.24, 2.45) is 0 Å². The van der Waals surface area contributed by atoms with Gasteiger partial charge in [0.1, 0.15) is 0 Å². The Kier molecular flexibility index (Phi) is 6.50. The molecular formula is C8H15Br. The van der Waals surface area contributed by atoms with Crippen molar-refractivity contribution >= 4 is 15.9 Å². The van der Waals surface area contributed by atoms with Crippen LogP contribution in [0.1, 0.15) is 39.5 Å². The molecule has 0 amide bonds. The molecule has 0 nitrogen and oxygen atoms in total. The SMILES string of the molecule is CCCCCC=C(C)Br. The fraction of sp³-hybridized carbons (Fsp3) is 0.750. The average molecular weight is 191 g/mol. The van der Waals surface area contributed by atoms with Crippen molar-refractivity contribution in [2.75, 3.05) is 0 Å². The normalized spacial score (nSPS) is 12.1. The van der Waals surface area contributed by atoms with Crippen molar-refractivity contribution in [3.05, 3.63) is 10.6 Å². The minimum atomic E-state index is 1.23. The summed E-state index contributed by atoms with van der Waals surface area (Å²) in [6, 6.07) is 0. The van der Waals surface area contributed by atoms with Crippen molar-refractivity contribution in [1.29, 1.82) is 0 Å². The van der Waals surface area contributed by atoms with Crippen molar-refractivity contribution in [3.63, 3.8) is 0 Å². The van der Waals surface area contributed by atoms with Crippen LogP contribution in [-0.2, 0) is 0 Å². The molecule has 0 aliphatic carbocycles. The van der Waals surface area contributed by atoms with Crippen molar-refractivity contribution in [2.45, 2.75) is 39.5 Å². The van der Waals surface area contributed by atoms with Gasteiger partial charge in [0.25, 0.3) is 0 Å². The molecule has 0 saturated heterocycles. The van der Waals surface area contributed by atoms with Crippen LogP contribution in [0.25, 0.3) is 0 Å². The summed E-state index contributed by atoms with van der Waals surface area (Å²) >= 11 is 3.39. The number of hydrogen-bond donors (Lipinski definition) is 0. The van der Waals surface area contributed by atoms with Gasteiger partial charge < -0.3 is 0 Å². The molecule has 0 radical (unpaired) electrons. The number of unbranched alkanes of at least 4 members (excludes halogenated alkanes) is 3. The molecule has 0 spiro atoms. The van der Waals surface area contributed by atoms with Gasteiger partial charge in [0, 0.05) is 0 Å². The molecule has 0 bridgehead atoms. The lowest BCUT2D eigenvalue weighted by atomic mass is 10.2. The monoisotopic (exact) mass is 190 g/mol. The molecule has 0 unspecified atom stereocenters. The third kappa shape index (κ3) is 8.22. The van der Waals surface area contributed by atoms with E-state index in [-0.39, 0.29) is 0 Å². The van der Waals surface area contributed by atoms with E-state index in [1.165, 1.54) is 30.2 Å². The van der Waals surface area contributed by atoms with E-state index < -0.39 is 0 Å². The van der Waals surface area contributed by atoms with E-state index in [1.807, 2.05) is 0 Å². The molecule has 0 fully saturated rings. The number of hydrogen-bond acceptors (Lipinski definition) is 0. The smallest absolute Gasteiger partial charge is 0.0120 e. The van der Waals surface area contributed by atoms with E-state index in [4.69, 9.17) is 0 Å². The second kappa shape index (κ2) is 6.34. The molecule has 0 aromatic carbocycles. The van der Waals surface area contributed by atoms with E-state index >= 15 is 0 Å². The average Bonchev–Trinajstić information content (AvgIpc) is 1.80. The molecule has 0 aliphatic heterocycles. The maximum atomic E-state index is 3.39. The Morgan fingerprint density at radius 3 is 2.56 bits per heavy atom. The fourth-order valence-corrected chi connectivity index (χ4v) is 0.924. The van der Waals surface area contributed by atoms with Crippen LogP contribution in [0, 0.1) is 0 Å². The van der Waals surface area contributed by atoms with Gasteiger partial charge in [0.15, 0.2) is 0 Å². The highest BCUT2D eigenvalue weighted by Crippen LogP contribution is 2.06. The Labute approximate surface area is 66.5 Å². The first-order chi connectivity index (χ1) is 4.27. The van der Waals surface area contributed by atoms with Gasteiger partial charge >= 0.3 is 0 Å². The summed E-state index contributed by atoms with van der Waals surface area (Å²) in [5.41, 5.74) is 0. The standard InChI is InChI=1S/C8H15Br/c1-3-4-5-6-7-8(2)9/h7H,3-6H2,1-2H3. The molecule has 0 aromatic heterocycles. The van der Waals surface area contributed by atoms with Gasteiger partial charge in [-0.15, -0.1) is 0 Å². The third-order valence-corrected chi connectivity index (χ3v) is 1.56. The van der Waals surface area contributed by atoms with Crippen LogP contribution < -0.4 is 0 Å². The molecule has 0 N–H and O–H groups in total. The van der Waals surface area contributed by atoms with Gasteiger partial charge in [-0.25, -0.2) is 0 Å². The van der Waals surface area contributed by atoms with E-state index in [0.29, 0.717) is 0 Å². The third-order valence-electron chi connectivity index (χ3n) is 1.23. The maximum Gasteiger partial charge on any atom is -0.0120 e. The van der Waals surface area contributed by atoms with Gasteiger partial charge in [0.05, 0.1) is 0 Å². The van der Waals surface area contributed by atoms with Crippen LogP contribution in [0.2, 0.25) is 0 Å². The number of rotatable bonds is 4. The molecule has 0 heterocycles. The van der Waals surface area contributed by atoms with Gasteiger partial charge in [0.2, 0.25) is 0 Å². The summed E-state index contributed by atoms with van der Waals surface area (Å²) in [7, 11) is 0. The first-order valence-electron chi connectivity index (χ1n) is 3.59. The molecule has 0 aromatic rings. The van der Waals surface area contributed by atoms with Crippen LogP contribution in [0.3, 0.4) is 0 Å². The van der Waals surface area contributed by atoms with E-state index in [1.54, 1.807) is 0 Å². The Morgan fingerprint density at radius 2 is 2.11 bits per heavy atom. The molecule has 0 rings (SSSR count). The highest BCUT2D eigenvalue weighted by atomic mass is 79.9. The van der Waals surface area contributed by atoms with Crippen LogP contribution in [0.15, 0.2) is 10.6 Å². The first kappa shape index (κ1) is 9.22. The topological polar surface area (TPSA) is 0 Å². The second-order valence-corrected chi connectivity index (χ2v) is 3.54. The Hall–Kier alpha value is 0.220. The van der Waals surface area contributed by atoms with Crippen LogP contribution in [-0.4, -0.2) is 0 Å².